The van der Waals surface area contributed by atoms with Crippen molar-refractivity contribution in [3.05, 3.63) is 42.4 Å². The minimum atomic E-state index is 0.00556. The van der Waals surface area contributed by atoms with Gasteiger partial charge in [-0.3, -0.25) is 4.79 Å². The van der Waals surface area contributed by atoms with E-state index < -0.39 is 0 Å². The molecule has 0 aliphatic heterocycles. The first kappa shape index (κ1) is 10.5. The van der Waals surface area contributed by atoms with Crippen LogP contribution in [0.2, 0.25) is 0 Å². The Labute approximate surface area is 92.9 Å². The lowest BCUT2D eigenvalue weighted by Gasteiger charge is -2.01. The molecule has 2 rings (SSSR count). The van der Waals surface area contributed by atoms with Crippen molar-refractivity contribution in [2.24, 2.45) is 0 Å². The maximum Gasteiger partial charge on any atom is 0.220 e. The molecule has 0 saturated heterocycles. The van der Waals surface area contributed by atoms with Crippen LogP contribution in [0.5, 0.6) is 0 Å². The fraction of sp³-hybridized carbons (Fsp3) is 0.273. The highest BCUT2D eigenvalue weighted by atomic mass is 16.3. The largest absolute Gasteiger partial charge is 0.467 e. The number of hydrogen-bond donors (Lipinski definition) is 2. The number of aromatic nitrogens is 2. The number of carbonyl (C=O) groups is 1. The SMILES string of the molecule is O=C(CCc1cnc[nH]1)NCc1ccco1. The van der Waals surface area contributed by atoms with Gasteiger partial charge in [0.25, 0.3) is 0 Å². The van der Waals surface area contributed by atoms with Crippen LogP contribution in [0.3, 0.4) is 0 Å². The van der Waals surface area contributed by atoms with E-state index in [1.54, 1.807) is 24.9 Å². The van der Waals surface area contributed by atoms with Gasteiger partial charge < -0.3 is 14.7 Å². The fourth-order valence-electron chi connectivity index (χ4n) is 1.36. The summed E-state index contributed by atoms with van der Waals surface area (Å²) >= 11 is 0. The molecule has 2 heterocycles. The summed E-state index contributed by atoms with van der Waals surface area (Å²) in [5.41, 5.74) is 0.966. The summed E-state index contributed by atoms with van der Waals surface area (Å²) in [4.78, 5) is 18.3. The van der Waals surface area contributed by atoms with E-state index in [-0.39, 0.29) is 5.91 Å². The van der Waals surface area contributed by atoms with Gasteiger partial charge >= 0.3 is 0 Å². The molecule has 0 aromatic carbocycles. The Morgan fingerprint density at radius 2 is 2.50 bits per heavy atom. The zero-order valence-electron chi connectivity index (χ0n) is 8.77. The predicted octanol–water partition coefficient (Wildman–Crippen LogP) is 1.25. The molecule has 2 N–H and O–H groups in total. The van der Waals surface area contributed by atoms with Crippen molar-refractivity contribution in [2.45, 2.75) is 19.4 Å². The molecule has 0 aliphatic rings. The van der Waals surface area contributed by atoms with E-state index in [9.17, 15) is 4.79 Å². The van der Waals surface area contributed by atoms with E-state index in [4.69, 9.17) is 4.42 Å². The van der Waals surface area contributed by atoms with E-state index in [0.29, 0.717) is 19.4 Å². The van der Waals surface area contributed by atoms with Crippen LogP contribution in [0, 0.1) is 0 Å². The third kappa shape index (κ3) is 2.98. The highest BCUT2D eigenvalue weighted by molar-refractivity contribution is 5.75. The molecule has 0 aliphatic carbocycles. The van der Waals surface area contributed by atoms with Gasteiger partial charge in [-0.2, -0.15) is 0 Å². The van der Waals surface area contributed by atoms with Crippen molar-refractivity contribution >= 4 is 5.91 Å². The van der Waals surface area contributed by atoms with Crippen LogP contribution in [0.15, 0.2) is 35.3 Å². The van der Waals surface area contributed by atoms with Gasteiger partial charge in [0.05, 0.1) is 19.1 Å². The summed E-state index contributed by atoms with van der Waals surface area (Å²) in [5.74, 6) is 0.765. The zero-order chi connectivity index (χ0) is 11.2. The second-order valence-corrected chi connectivity index (χ2v) is 3.43. The molecular weight excluding hydrogens is 206 g/mol. The molecule has 0 bridgehead atoms. The summed E-state index contributed by atoms with van der Waals surface area (Å²) < 4.78 is 5.10. The summed E-state index contributed by atoms with van der Waals surface area (Å²) in [6, 6.07) is 3.63. The monoisotopic (exact) mass is 219 g/mol. The maximum atomic E-state index is 11.4. The third-order valence-corrected chi connectivity index (χ3v) is 2.22. The molecule has 0 fully saturated rings. The number of nitrogens with zero attached hydrogens (tertiary/aromatic N) is 1. The van der Waals surface area contributed by atoms with Gasteiger partial charge in [-0.25, -0.2) is 4.98 Å². The lowest BCUT2D eigenvalue weighted by Crippen LogP contribution is -2.22. The van der Waals surface area contributed by atoms with Crippen molar-refractivity contribution < 1.29 is 9.21 Å². The number of carbonyl (C=O) groups excluding carboxylic acids is 1. The molecule has 84 valence electrons. The van der Waals surface area contributed by atoms with Crippen LogP contribution in [-0.4, -0.2) is 15.9 Å². The number of furan rings is 1. The van der Waals surface area contributed by atoms with Crippen molar-refractivity contribution in [3.63, 3.8) is 0 Å². The number of imidazole rings is 1. The predicted molar refractivity (Wildman–Crippen MR) is 57.5 cm³/mol. The van der Waals surface area contributed by atoms with Crippen LogP contribution in [0.1, 0.15) is 17.9 Å². The molecule has 0 radical (unpaired) electrons. The van der Waals surface area contributed by atoms with E-state index in [1.165, 1.54) is 0 Å². The van der Waals surface area contributed by atoms with Crippen molar-refractivity contribution in [2.75, 3.05) is 0 Å². The number of aryl methyl sites for hydroxylation is 1. The van der Waals surface area contributed by atoms with Crippen LogP contribution >= 0.6 is 0 Å². The van der Waals surface area contributed by atoms with Crippen LogP contribution in [0.4, 0.5) is 0 Å². The first-order valence-corrected chi connectivity index (χ1v) is 5.11. The average molecular weight is 219 g/mol. The first-order chi connectivity index (χ1) is 7.84. The van der Waals surface area contributed by atoms with Crippen LogP contribution in [-0.2, 0) is 17.8 Å². The molecule has 16 heavy (non-hydrogen) atoms. The molecule has 2 aromatic heterocycles. The number of aromatic amines is 1. The van der Waals surface area contributed by atoms with Gasteiger partial charge in [0.1, 0.15) is 5.76 Å². The summed E-state index contributed by atoms with van der Waals surface area (Å²) in [7, 11) is 0. The van der Waals surface area contributed by atoms with Gasteiger partial charge in [0.15, 0.2) is 0 Å². The van der Waals surface area contributed by atoms with E-state index in [0.717, 1.165) is 11.5 Å². The van der Waals surface area contributed by atoms with Gasteiger partial charge in [0, 0.05) is 18.3 Å². The minimum absolute atomic E-state index is 0.00556. The zero-order valence-corrected chi connectivity index (χ0v) is 8.77. The smallest absolute Gasteiger partial charge is 0.220 e. The Morgan fingerprint density at radius 1 is 1.56 bits per heavy atom. The minimum Gasteiger partial charge on any atom is -0.467 e. The molecule has 5 nitrogen and oxygen atoms in total. The topological polar surface area (TPSA) is 70.9 Å². The normalized spacial score (nSPS) is 10.2. The fourth-order valence-corrected chi connectivity index (χ4v) is 1.36. The Hall–Kier alpha value is -2.04. The lowest BCUT2D eigenvalue weighted by molar-refractivity contribution is -0.121. The highest BCUT2D eigenvalue weighted by Crippen LogP contribution is 2.00. The maximum absolute atomic E-state index is 11.4. The van der Waals surface area contributed by atoms with Gasteiger partial charge in [0.2, 0.25) is 5.91 Å². The van der Waals surface area contributed by atoms with Crippen LogP contribution in [0.25, 0.3) is 0 Å². The van der Waals surface area contributed by atoms with Crippen LogP contribution < -0.4 is 5.32 Å². The van der Waals surface area contributed by atoms with Crippen molar-refractivity contribution in [1.29, 1.82) is 0 Å². The molecule has 0 atom stereocenters. The van der Waals surface area contributed by atoms with Gasteiger partial charge in [-0.1, -0.05) is 0 Å². The third-order valence-electron chi connectivity index (χ3n) is 2.22. The lowest BCUT2D eigenvalue weighted by atomic mass is 10.2. The highest BCUT2D eigenvalue weighted by Gasteiger charge is 2.03. The number of rotatable bonds is 5. The number of nitrogens with one attached hydrogen (secondary N) is 2. The molecule has 0 saturated carbocycles. The second-order valence-electron chi connectivity index (χ2n) is 3.43. The van der Waals surface area contributed by atoms with Crippen molar-refractivity contribution in [3.8, 4) is 0 Å². The number of amides is 1. The standard InChI is InChI=1S/C11H13N3O2/c15-11(4-3-9-6-12-8-14-9)13-7-10-2-1-5-16-10/h1-2,5-6,8H,3-4,7H2,(H,12,14)(H,13,15). The Balaban J connectivity index is 1.69. The molecule has 2 aromatic rings. The number of H-pyrrole nitrogens is 1. The van der Waals surface area contributed by atoms with E-state index in [1.807, 2.05) is 6.07 Å². The molecule has 0 spiro atoms. The molecule has 0 unspecified atom stereocenters. The molecular formula is C11H13N3O2. The average Bonchev–Trinajstić information content (AvgIpc) is 2.96. The summed E-state index contributed by atoms with van der Waals surface area (Å²) in [6.45, 7) is 0.439. The number of hydrogen-bond acceptors (Lipinski definition) is 3. The van der Waals surface area contributed by atoms with Gasteiger partial charge in [-0.05, 0) is 18.6 Å². The Kier molecular flexibility index (Phi) is 3.38. The van der Waals surface area contributed by atoms with Crippen molar-refractivity contribution in [1.82, 2.24) is 15.3 Å². The summed E-state index contributed by atoms with van der Waals surface area (Å²) in [6.07, 6.45) is 6.04. The second kappa shape index (κ2) is 5.16. The molecule has 5 heteroatoms. The van der Waals surface area contributed by atoms with E-state index >= 15 is 0 Å². The van der Waals surface area contributed by atoms with Gasteiger partial charge in [-0.15, -0.1) is 0 Å². The van der Waals surface area contributed by atoms with E-state index in [2.05, 4.69) is 15.3 Å². The Bertz CT molecular complexity index is 380. The quantitative estimate of drug-likeness (QED) is 0.795. The Morgan fingerprint density at radius 3 is 3.19 bits per heavy atom. The molecule has 1 amide bonds. The summed E-state index contributed by atoms with van der Waals surface area (Å²) in [5, 5.41) is 2.78. The first-order valence-electron chi connectivity index (χ1n) is 5.11.